The van der Waals surface area contributed by atoms with Crippen molar-refractivity contribution in [2.75, 3.05) is 13.1 Å². The van der Waals surface area contributed by atoms with Gasteiger partial charge in [0.15, 0.2) is 0 Å². The maximum Gasteiger partial charge on any atom is 0.0282 e. The number of nitrogens with zero attached hydrogens (tertiary/aromatic N) is 1. The lowest BCUT2D eigenvalue weighted by molar-refractivity contribution is 0.0246. The molecule has 1 aromatic rings. The Balaban J connectivity index is 2.11. The van der Waals surface area contributed by atoms with E-state index in [-0.39, 0.29) is 11.1 Å². The zero-order valence-corrected chi connectivity index (χ0v) is 13.8. The second-order valence-electron chi connectivity index (χ2n) is 7.11. The summed E-state index contributed by atoms with van der Waals surface area (Å²) in [6.07, 6.45) is 2.29. The van der Waals surface area contributed by atoms with Crippen LogP contribution in [0.5, 0.6) is 0 Å². The van der Waals surface area contributed by atoms with E-state index >= 15 is 0 Å². The molecule has 1 fully saturated rings. The first-order chi connectivity index (χ1) is 9.38. The molecule has 0 aromatic heterocycles. The lowest BCUT2D eigenvalue weighted by Crippen LogP contribution is -2.66. The van der Waals surface area contributed by atoms with Gasteiger partial charge in [-0.3, -0.25) is 4.90 Å². The zero-order chi connectivity index (χ0) is 14.8. The molecular formula is C18H30N2. The molecule has 1 atom stereocenters. The predicted molar refractivity (Wildman–Crippen MR) is 87.0 cm³/mol. The first-order valence-corrected chi connectivity index (χ1v) is 7.96. The third-order valence-corrected chi connectivity index (χ3v) is 4.93. The first-order valence-electron chi connectivity index (χ1n) is 7.96. The maximum atomic E-state index is 3.73. The molecule has 0 aliphatic carbocycles. The molecule has 2 heteroatoms. The van der Waals surface area contributed by atoms with Gasteiger partial charge in [-0.2, -0.15) is 0 Å². The van der Waals surface area contributed by atoms with Gasteiger partial charge in [-0.15, -0.1) is 0 Å². The van der Waals surface area contributed by atoms with Crippen molar-refractivity contribution >= 4 is 0 Å². The lowest BCUT2D eigenvalue weighted by Gasteiger charge is -2.50. The third kappa shape index (κ3) is 3.42. The third-order valence-electron chi connectivity index (χ3n) is 4.93. The Morgan fingerprint density at radius 1 is 1.05 bits per heavy atom. The number of rotatable bonds is 4. The summed E-state index contributed by atoms with van der Waals surface area (Å²) in [5.41, 5.74) is 3.32. The normalized spacial score (nSPS) is 26.6. The number of benzene rings is 1. The second kappa shape index (κ2) is 5.87. The van der Waals surface area contributed by atoms with Crippen LogP contribution in [0.15, 0.2) is 24.3 Å². The van der Waals surface area contributed by atoms with Crippen LogP contribution >= 0.6 is 0 Å². The lowest BCUT2D eigenvalue weighted by atomic mass is 9.88. The number of piperazine rings is 1. The predicted octanol–water partition coefficient (Wildman–Crippen LogP) is 3.60. The molecule has 2 rings (SSSR count). The van der Waals surface area contributed by atoms with Crippen molar-refractivity contribution in [3.05, 3.63) is 35.4 Å². The molecule has 2 nitrogen and oxygen atoms in total. The van der Waals surface area contributed by atoms with Gasteiger partial charge in [-0.05, 0) is 44.7 Å². The van der Waals surface area contributed by atoms with Crippen molar-refractivity contribution in [2.24, 2.45) is 0 Å². The summed E-state index contributed by atoms with van der Waals surface area (Å²) in [6, 6.07) is 9.12. The van der Waals surface area contributed by atoms with Gasteiger partial charge in [0, 0.05) is 30.7 Å². The standard InChI is InChI=1S/C18H30N2/c1-6-15-8-10-16(11-9-15)12-20-14-18(5,7-2)19-13-17(20,3)4/h8-11,19H,6-7,12-14H2,1-5H3. The largest absolute Gasteiger partial charge is 0.308 e. The average molecular weight is 274 g/mol. The monoisotopic (exact) mass is 274 g/mol. The minimum atomic E-state index is 0.220. The van der Waals surface area contributed by atoms with Gasteiger partial charge in [0.2, 0.25) is 0 Å². The Kier molecular flexibility index (Phi) is 4.55. The molecule has 0 radical (unpaired) electrons. The number of nitrogens with one attached hydrogen (secondary N) is 1. The van der Waals surface area contributed by atoms with Gasteiger partial charge in [0.1, 0.15) is 0 Å². The van der Waals surface area contributed by atoms with E-state index in [1.807, 2.05) is 0 Å². The highest BCUT2D eigenvalue weighted by atomic mass is 15.3. The number of aryl methyl sites for hydroxylation is 1. The van der Waals surface area contributed by atoms with Crippen LogP contribution in [-0.2, 0) is 13.0 Å². The van der Waals surface area contributed by atoms with Crippen LogP contribution in [0, 0.1) is 0 Å². The fraction of sp³-hybridized carbons (Fsp3) is 0.667. The minimum absolute atomic E-state index is 0.220. The summed E-state index contributed by atoms with van der Waals surface area (Å²) in [6.45, 7) is 14.7. The van der Waals surface area contributed by atoms with E-state index in [9.17, 15) is 0 Å². The van der Waals surface area contributed by atoms with Crippen molar-refractivity contribution in [3.8, 4) is 0 Å². The smallest absolute Gasteiger partial charge is 0.0282 e. The van der Waals surface area contributed by atoms with Crippen LogP contribution in [0.4, 0.5) is 0 Å². The van der Waals surface area contributed by atoms with Crippen molar-refractivity contribution in [1.82, 2.24) is 10.2 Å². The van der Waals surface area contributed by atoms with E-state index in [1.54, 1.807) is 0 Å². The Morgan fingerprint density at radius 2 is 1.65 bits per heavy atom. The molecule has 0 spiro atoms. The van der Waals surface area contributed by atoms with Crippen LogP contribution in [0.3, 0.4) is 0 Å². The van der Waals surface area contributed by atoms with E-state index in [2.05, 4.69) is 69.1 Å². The molecule has 1 unspecified atom stereocenters. The van der Waals surface area contributed by atoms with Gasteiger partial charge >= 0.3 is 0 Å². The molecule has 1 aliphatic heterocycles. The Labute approximate surface area is 124 Å². The Hall–Kier alpha value is -0.860. The van der Waals surface area contributed by atoms with Crippen molar-refractivity contribution < 1.29 is 0 Å². The maximum absolute atomic E-state index is 3.73. The molecule has 112 valence electrons. The highest BCUT2D eigenvalue weighted by Crippen LogP contribution is 2.27. The van der Waals surface area contributed by atoms with E-state index in [1.165, 1.54) is 17.5 Å². The van der Waals surface area contributed by atoms with Crippen LogP contribution < -0.4 is 5.32 Å². The SMILES string of the molecule is CCc1ccc(CN2CC(C)(CC)NCC2(C)C)cc1. The fourth-order valence-electron chi connectivity index (χ4n) is 2.84. The highest BCUT2D eigenvalue weighted by molar-refractivity contribution is 5.23. The van der Waals surface area contributed by atoms with Crippen LogP contribution in [0.1, 0.15) is 52.2 Å². The van der Waals surface area contributed by atoms with Crippen molar-refractivity contribution in [1.29, 1.82) is 0 Å². The Bertz CT molecular complexity index is 435. The summed E-state index contributed by atoms with van der Waals surface area (Å²) in [5, 5.41) is 3.73. The van der Waals surface area contributed by atoms with E-state index in [0.717, 1.165) is 26.1 Å². The van der Waals surface area contributed by atoms with Gasteiger partial charge in [0.05, 0.1) is 0 Å². The summed E-state index contributed by atoms with van der Waals surface area (Å²) in [7, 11) is 0. The Morgan fingerprint density at radius 3 is 2.20 bits per heavy atom. The summed E-state index contributed by atoms with van der Waals surface area (Å²) >= 11 is 0. The molecular weight excluding hydrogens is 244 g/mol. The molecule has 1 saturated heterocycles. The molecule has 1 N–H and O–H groups in total. The molecule has 0 amide bonds. The average Bonchev–Trinajstić information content (AvgIpc) is 2.44. The molecule has 1 heterocycles. The highest BCUT2D eigenvalue weighted by Gasteiger charge is 2.38. The summed E-state index contributed by atoms with van der Waals surface area (Å²) in [5.74, 6) is 0. The van der Waals surface area contributed by atoms with Gasteiger partial charge in [0.25, 0.3) is 0 Å². The summed E-state index contributed by atoms with van der Waals surface area (Å²) < 4.78 is 0. The summed E-state index contributed by atoms with van der Waals surface area (Å²) in [4.78, 5) is 2.63. The minimum Gasteiger partial charge on any atom is -0.308 e. The van der Waals surface area contributed by atoms with E-state index in [4.69, 9.17) is 0 Å². The quantitative estimate of drug-likeness (QED) is 0.902. The molecule has 0 saturated carbocycles. The van der Waals surface area contributed by atoms with Crippen LogP contribution in [0.25, 0.3) is 0 Å². The topological polar surface area (TPSA) is 15.3 Å². The molecule has 1 aliphatic rings. The van der Waals surface area contributed by atoms with Crippen molar-refractivity contribution in [3.63, 3.8) is 0 Å². The van der Waals surface area contributed by atoms with Gasteiger partial charge in [-0.1, -0.05) is 38.1 Å². The first kappa shape index (κ1) is 15.5. The molecule has 0 bridgehead atoms. The van der Waals surface area contributed by atoms with Crippen LogP contribution in [-0.4, -0.2) is 29.1 Å². The fourth-order valence-corrected chi connectivity index (χ4v) is 2.84. The van der Waals surface area contributed by atoms with E-state index in [0.29, 0.717) is 0 Å². The van der Waals surface area contributed by atoms with Gasteiger partial charge < -0.3 is 5.32 Å². The number of hydrogen-bond acceptors (Lipinski definition) is 2. The number of hydrogen-bond donors (Lipinski definition) is 1. The van der Waals surface area contributed by atoms with Crippen LogP contribution in [0.2, 0.25) is 0 Å². The molecule has 1 aromatic carbocycles. The van der Waals surface area contributed by atoms with E-state index < -0.39 is 0 Å². The van der Waals surface area contributed by atoms with Gasteiger partial charge in [-0.25, -0.2) is 0 Å². The molecule has 20 heavy (non-hydrogen) atoms. The second-order valence-corrected chi connectivity index (χ2v) is 7.11. The zero-order valence-electron chi connectivity index (χ0n) is 13.8. The van der Waals surface area contributed by atoms with Crippen molar-refractivity contribution in [2.45, 2.75) is 65.1 Å².